The minimum atomic E-state index is -0.535. The summed E-state index contributed by atoms with van der Waals surface area (Å²) in [6.45, 7) is 8.47. The molecule has 1 saturated carbocycles. The highest BCUT2D eigenvalue weighted by Crippen LogP contribution is 2.46. The maximum absolute atomic E-state index is 10.5. The highest BCUT2D eigenvalue weighted by Gasteiger charge is 2.49. The third-order valence-corrected chi connectivity index (χ3v) is 4.11. The van der Waals surface area contributed by atoms with Crippen LogP contribution >= 0.6 is 0 Å². The fourth-order valence-electron chi connectivity index (χ4n) is 3.61. The quantitative estimate of drug-likeness (QED) is 0.669. The van der Waals surface area contributed by atoms with Gasteiger partial charge in [0.05, 0.1) is 17.3 Å². The molecule has 0 bridgehead atoms. The van der Waals surface area contributed by atoms with Crippen molar-refractivity contribution < 1.29 is 9.84 Å². The molecule has 1 N–H and O–H groups in total. The first kappa shape index (κ1) is 11.4. The highest BCUT2D eigenvalue weighted by atomic mass is 16.5. The number of hydrogen-bond donors (Lipinski definition) is 1. The number of rotatable bonds is 0. The van der Waals surface area contributed by atoms with Crippen LogP contribution in [0.5, 0.6) is 0 Å². The summed E-state index contributed by atoms with van der Waals surface area (Å²) < 4.78 is 6.12. The van der Waals surface area contributed by atoms with Gasteiger partial charge >= 0.3 is 0 Å². The summed E-state index contributed by atoms with van der Waals surface area (Å²) in [5.74, 6) is 1.10. The molecular formula is C13H24O2. The van der Waals surface area contributed by atoms with E-state index in [1.807, 2.05) is 6.92 Å². The number of hydrogen-bond acceptors (Lipinski definition) is 2. The van der Waals surface area contributed by atoms with Gasteiger partial charge in [0.15, 0.2) is 0 Å². The van der Waals surface area contributed by atoms with Gasteiger partial charge < -0.3 is 9.84 Å². The molecule has 0 unspecified atom stereocenters. The Kier molecular flexibility index (Phi) is 2.63. The Morgan fingerprint density at radius 1 is 1.20 bits per heavy atom. The molecule has 0 amide bonds. The monoisotopic (exact) mass is 212 g/mol. The smallest absolute Gasteiger partial charge is 0.0699 e. The van der Waals surface area contributed by atoms with E-state index >= 15 is 0 Å². The zero-order valence-corrected chi connectivity index (χ0v) is 10.4. The predicted octanol–water partition coefficient (Wildman–Crippen LogP) is 2.74. The van der Waals surface area contributed by atoms with Gasteiger partial charge in [-0.1, -0.05) is 13.3 Å². The van der Waals surface area contributed by atoms with E-state index in [2.05, 4.69) is 20.8 Å². The van der Waals surface area contributed by atoms with Crippen LogP contribution in [0.4, 0.5) is 0 Å². The lowest BCUT2D eigenvalue weighted by atomic mass is 9.67. The maximum atomic E-state index is 10.5. The Bertz CT molecular complexity index is 245. The van der Waals surface area contributed by atoms with Crippen LogP contribution in [0.25, 0.3) is 0 Å². The lowest BCUT2D eigenvalue weighted by molar-refractivity contribution is -0.227. The summed E-state index contributed by atoms with van der Waals surface area (Å²) in [5, 5.41) is 10.5. The molecule has 2 aliphatic rings. The standard InChI is InChI=1S/C13H24O2/c1-9-5-6-10-11(7-9)15-12(2,3)8-13(10,4)14/h9-11,14H,5-8H2,1-4H3/t9-,10-,11-,13-/m1/s1. The Morgan fingerprint density at radius 2 is 1.87 bits per heavy atom. The van der Waals surface area contributed by atoms with Gasteiger partial charge in [0.2, 0.25) is 0 Å². The Balaban J connectivity index is 2.18. The molecule has 1 aliphatic heterocycles. The van der Waals surface area contributed by atoms with Gasteiger partial charge in [0.25, 0.3) is 0 Å². The summed E-state index contributed by atoms with van der Waals surface area (Å²) in [7, 11) is 0. The van der Waals surface area contributed by atoms with Crippen LogP contribution in [0, 0.1) is 11.8 Å². The van der Waals surface area contributed by atoms with Gasteiger partial charge in [-0.3, -0.25) is 0 Å². The maximum Gasteiger partial charge on any atom is 0.0699 e. The van der Waals surface area contributed by atoms with Crippen LogP contribution < -0.4 is 0 Å². The third-order valence-electron chi connectivity index (χ3n) is 4.11. The number of ether oxygens (including phenoxy) is 1. The second-order valence-electron chi connectivity index (χ2n) is 6.47. The molecule has 2 heteroatoms. The molecule has 0 radical (unpaired) electrons. The molecule has 0 spiro atoms. The molecule has 0 aromatic rings. The minimum Gasteiger partial charge on any atom is -0.390 e. The van der Waals surface area contributed by atoms with Crippen molar-refractivity contribution in [3.05, 3.63) is 0 Å². The summed E-state index contributed by atoms with van der Waals surface area (Å²) >= 11 is 0. The molecule has 0 aromatic carbocycles. The van der Waals surface area contributed by atoms with Crippen molar-refractivity contribution in [2.45, 2.75) is 70.7 Å². The van der Waals surface area contributed by atoms with Crippen molar-refractivity contribution in [2.75, 3.05) is 0 Å². The van der Waals surface area contributed by atoms with Crippen LogP contribution in [-0.4, -0.2) is 22.4 Å². The number of fused-ring (bicyclic) bond motifs is 1. The molecule has 1 aliphatic carbocycles. The molecule has 1 heterocycles. The summed E-state index contributed by atoms with van der Waals surface area (Å²) in [6.07, 6.45) is 4.50. The van der Waals surface area contributed by atoms with E-state index in [-0.39, 0.29) is 11.7 Å². The van der Waals surface area contributed by atoms with E-state index in [9.17, 15) is 5.11 Å². The second kappa shape index (κ2) is 3.46. The molecular weight excluding hydrogens is 188 g/mol. The van der Waals surface area contributed by atoms with E-state index in [1.165, 1.54) is 6.42 Å². The summed E-state index contributed by atoms with van der Waals surface area (Å²) in [4.78, 5) is 0. The van der Waals surface area contributed by atoms with Gasteiger partial charge in [-0.25, -0.2) is 0 Å². The van der Waals surface area contributed by atoms with Crippen molar-refractivity contribution in [1.29, 1.82) is 0 Å². The van der Waals surface area contributed by atoms with E-state index < -0.39 is 5.60 Å². The summed E-state index contributed by atoms with van der Waals surface area (Å²) in [6, 6.07) is 0. The summed E-state index contributed by atoms with van der Waals surface area (Å²) in [5.41, 5.74) is -0.700. The van der Waals surface area contributed by atoms with E-state index in [4.69, 9.17) is 4.74 Å². The Labute approximate surface area is 93.0 Å². The SMILES string of the molecule is C[C@@H]1CC[C@@H]2[C@@H](C1)OC(C)(C)C[C@@]2(C)O. The minimum absolute atomic E-state index is 0.165. The van der Waals surface area contributed by atoms with Gasteiger partial charge in [-0.2, -0.15) is 0 Å². The first-order chi connectivity index (χ1) is 6.80. The fourth-order valence-corrected chi connectivity index (χ4v) is 3.61. The molecule has 1 saturated heterocycles. The van der Waals surface area contributed by atoms with E-state index in [0.29, 0.717) is 5.92 Å². The van der Waals surface area contributed by atoms with Gasteiger partial charge in [-0.15, -0.1) is 0 Å². The Morgan fingerprint density at radius 3 is 2.53 bits per heavy atom. The van der Waals surface area contributed by atoms with Gasteiger partial charge in [-0.05, 0) is 39.5 Å². The molecule has 2 fully saturated rings. The average molecular weight is 212 g/mol. The molecule has 88 valence electrons. The zero-order valence-electron chi connectivity index (χ0n) is 10.4. The lowest BCUT2D eigenvalue weighted by Crippen LogP contribution is -2.56. The second-order valence-corrected chi connectivity index (χ2v) is 6.47. The van der Waals surface area contributed by atoms with Crippen LogP contribution in [0.1, 0.15) is 53.4 Å². The van der Waals surface area contributed by atoms with Crippen molar-refractivity contribution in [1.82, 2.24) is 0 Å². The van der Waals surface area contributed by atoms with Crippen LogP contribution in [-0.2, 0) is 4.74 Å². The van der Waals surface area contributed by atoms with Crippen LogP contribution in [0.15, 0.2) is 0 Å². The largest absolute Gasteiger partial charge is 0.390 e. The van der Waals surface area contributed by atoms with Crippen molar-refractivity contribution in [3.8, 4) is 0 Å². The molecule has 4 atom stereocenters. The Hall–Kier alpha value is -0.0800. The van der Waals surface area contributed by atoms with Gasteiger partial charge in [0, 0.05) is 12.3 Å². The predicted molar refractivity (Wildman–Crippen MR) is 60.7 cm³/mol. The van der Waals surface area contributed by atoms with Crippen molar-refractivity contribution >= 4 is 0 Å². The average Bonchev–Trinajstić information content (AvgIpc) is 1.97. The van der Waals surface area contributed by atoms with E-state index in [0.717, 1.165) is 25.2 Å². The van der Waals surface area contributed by atoms with Crippen LogP contribution in [0.3, 0.4) is 0 Å². The first-order valence-electron chi connectivity index (χ1n) is 6.20. The van der Waals surface area contributed by atoms with Crippen molar-refractivity contribution in [3.63, 3.8) is 0 Å². The molecule has 2 rings (SSSR count). The molecule has 15 heavy (non-hydrogen) atoms. The fraction of sp³-hybridized carbons (Fsp3) is 1.00. The highest BCUT2D eigenvalue weighted by molar-refractivity contribution is 4.99. The van der Waals surface area contributed by atoms with Crippen molar-refractivity contribution in [2.24, 2.45) is 11.8 Å². The molecule has 0 aromatic heterocycles. The normalized spacial score (nSPS) is 49.8. The topological polar surface area (TPSA) is 29.5 Å². The van der Waals surface area contributed by atoms with Gasteiger partial charge in [0.1, 0.15) is 0 Å². The third kappa shape index (κ3) is 2.21. The van der Waals surface area contributed by atoms with Crippen LogP contribution in [0.2, 0.25) is 0 Å². The zero-order chi connectivity index (χ0) is 11.3. The van der Waals surface area contributed by atoms with E-state index in [1.54, 1.807) is 0 Å². The number of aliphatic hydroxyl groups is 1. The molecule has 2 nitrogen and oxygen atoms in total. The first-order valence-corrected chi connectivity index (χ1v) is 6.20. The lowest BCUT2D eigenvalue weighted by Gasteiger charge is -2.52.